The Morgan fingerprint density at radius 2 is 1.77 bits per heavy atom. The molecule has 1 aromatic carbocycles. The molecule has 0 unspecified atom stereocenters. The molecule has 0 bridgehead atoms. The number of anilines is 1. The van der Waals surface area contributed by atoms with E-state index in [0.29, 0.717) is 19.6 Å². The molecule has 0 amide bonds. The van der Waals surface area contributed by atoms with E-state index in [4.69, 9.17) is 9.97 Å². The molecular weight excluding hydrogens is 448 g/mol. The highest BCUT2D eigenvalue weighted by molar-refractivity contribution is 7.88. The monoisotopic (exact) mass is 470 g/mol. The quantitative estimate of drug-likeness (QED) is 0.437. The normalized spacial score (nSPS) is 16.0. The summed E-state index contributed by atoms with van der Waals surface area (Å²) >= 11 is 3.25. The zero-order valence-corrected chi connectivity index (χ0v) is 19.5. The molecule has 4 aromatic rings. The highest BCUT2D eigenvalue weighted by Crippen LogP contribution is 2.40. The number of fused-ring (bicyclic) bond motifs is 1. The molecule has 0 radical (unpaired) electrons. The van der Waals surface area contributed by atoms with Gasteiger partial charge >= 0.3 is 0 Å². The summed E-state index contributed by atoms with van der Waals surface area (Å²) in [5, 5.41) is 5.23. The number of thiophene rings is 2. The van der Waals surface area contributed by atoms with E-state index < -0.39 is 10.0 Å². The van der Waals surface area contributed by atoms with Crippen LogP contribution in [0.4, 0.5) is 5.82 Å². The Balaban J connectivity index is 1.65. The van der Waals surface area contributed by atoms with Crippen LogP contribution < -0.4 is 4.90 Å². The van der Waals surface area contributed by atoms with Crippen LogP contribution in [-0.2, 0) is 10.0 Å². The summed E-state index contributed by atoms with van der Waals surface area (Å²) in [5.41, 5.74) is 2.26. The van der Waals surface area contributed by atoms with E-state index in [1.54, 1.807) is 27.0 Å². The minimum atomic E-state index is -3.20. The van der Waals surface area contributed by atoms with Gasteiger partial charge in [0.15, 0.2) is 5.82 Å². The Morgan fingerprint density at radius 1 is 0.935 bits per heavy atom. The molecule has 1 aliphatic heterocycles. The SMILES string of the molecule is CS(=O)(=O)N1CCCN(c2nc(-c3cccs3)nc3scc(-c4ccccc4)c23)CC1. The summed E-state index contributed by atoms with van der Waals surface area (Å²) < 4.78 is 25.7. The predicted molar refractivity (Wildman–Crippen MR) is 129 cm³/mol. The van der Waals surface area contributed by atoms with E-state index >= 15 is 0 Å². The first-order valence-corrected chi connectivity index (χ1v) is 13.7. The third kappa shape index (κ3) is 4.10. The average Bonchev–Trinajstić information content (AvgIpc) is 3.37. The number of sulfonamides is 1. The lowest BCUT2D eigenvalue weighted by atomic mass is 10.1. The van der Waals surface area contributed by atoms with Gasteiger partial charge in [-0.3, -0.25) is 0 Å². The van der Waals surface area contributed by atoms with Gasteiger partial charge in [-0.25, -0.2) is 22.7 Å². The maximum Gasteiger partial charge on any atom is 0.211 e. The third-order valence-corrected chi connectivity index (χ3v) is 8.51. The second-order valence-corrected chi connectivity index (χ2v) is 11.3. The number of hydrogen-bond acceptors (Lipinski definition) is 7. The molecular formula is C22H22N4O2S3. The minimum absolute atomic E-state index is 0.462. The summed E-state index contributed by atoms with van der Waals surface area (Å²) in [5.74, 6) is 1.62. The van der Waals surface area contributed by atoms with Crippen molar-refractivity contribution in [1.82, 2.24) is 14.3 Å². The van der Waals surface area contributed by atoms with Gasteiger partial charge in [0, 0.05) is 37.1 Å². The second kappa shape index (κ2) is 8.31. The first-order chi connectivity index (χ1) is 15.0. The molecule has 31 heavy (non-hydrogen) atoms. The van der Waals surface area contributed by atoms with Crippen molar-refractivity contribution in [2.24, 2.45) is 0 Å². The molecule has 5 rings (SSSR count). The lowest BCUT2D eigenvalue weighted by Crippen LogP contribution is -2.34. The van der Waals surface area contributed by atoms with E-state index in [2.05, 4.69) is 22.4 Å². The van der Waals surface area contributed by atoms with Crippen LogP contribution in [0.1, 0.15) is 6.42 Å². The van der Waals surface area contributed by atoms with Crippen molar-refractivity contribution in [2.45, 2.75) is 6.42 Å². The van der Waals surface area contributed by atoms with Gasteiger partial charge < -0.3 is 4.90 Å². The Bertz CT molecular complexity index is 1300. The lowest BCUT2D eigenvalue weighted by Gasteiger charge is -2.23. The Morgan fingerprint density at radius 3 is 2.52 bits per heavy atom. The molecule has 0 aliphatic carbocycles. The van der Waals surface area contributed by atoms with E-state index in [9.17, 15) is 8.42 Å². The van der Waals surface area contributed by atoms with Crippen molar-refractivity contribution < 1.29 is 8.42 Å². The van der Waals surface area contributed by atoms with Gasteiger partial charge in [0.1, 0.15) is 10.6 Å². The summed E-state index contributed by atoms with van der Waals surface area (Å²) in [6, 6.07) is 14.3. The Kier molecular flexibility index (Phi) is 5.51. The topological polar surface area (TPSA) is 66.4 Å². The molecule has 6 nitrogen and oxygen atoms in total. The van der Waals surface area contributed by atoms with Gasteiger partial charge in [-0.2, -0.15) is 0 Å². The van der Waals surface area contributed by atoms with Gasteiger partial charge in [0.2, 0.25) is 10.0 Å². The fourth-order valence-electron chi connectivity index (χ4n) is 3.94. The summed E-state index contributed by atoms with van der Waals surface area (Å²) in [4.78, 5) is 14.1. The summed E-state index contributed by atoms with van der Waals surface area (Å²) in [6.07, 6.45) is 2.05. The highest BCUT2D eigenvalue weighted by Gasteiger charge is 2.25. The van der Waals surface area contributed by atoms with Crippen LogP contribution in [0.2, 0.25) is 0 Å². The molecule has 160 valence electrons. The first-order valence-electron chi connectivity index (χ1n) is 10.1. The molecule has 3 aromatic heterocycles. The number of aromatic nitrogens is 2. The van der Waals surface area contributed by atoms with Crippen LogP contribution in [0.15, 0.2) is 53.2 Å². The van der Waals surface area contributed by atoms with E-state index in [1.807, 2.05) is 35.7 Å². The van der Waals surface area contributed by atoms with Crippen LogP contribution in [0.5, 0.6) is 0 Å². The molecule has 0 spiro atoms. The standard InChI is InChI=1S/C22H22N4O2S3/c1-31(27,28)26-11-6-10-25(12-13-26)21-19-17(16-7-3-2-4-8-16)15-30-22(19)24-20(23-21)18-9-5-14-29-18/h2-5,7-9,14-15H,6,10-13H2,1H3. The van der Waals surface area contributed by atoms with Crippen molar-refractivity contribution in [3.63, 3.8) is 0 Å². The van der Waals surface area contributed by atoms with Crippen LogP contribution in [0.3, 0.4) is 0 Å². The van der Waals surface area contributed by atoms with Gasteiger partial charge in [-0.15, -0.1) is 22.7 Å². The van der Waals surface area contributed by atoms with Gasteiger partial charge in [0.05, 0.1) is 16.5 Å². The first kappa shape index (κ1) is 20.6. The molecule has 0 saturated carbocycles. The Labute approximate surface area is 189 Å². The molecule has 0 N–H and O–H groups in total. The van der Waals surface area contributed by atoms with Crippen LogP contribution in [0, 0.1) is 0 Å². The Hall–Kier alpha value is -2.33. The highest BCUT2D eigenvalue weighted by atomic mass is 32.2. The lowest BCUT2D eigenvalue weighted by molar-refractivity contribution is 0.437. The maximum absolute atomic E-state index is 12.1. The van der Waals surface area contributed by atoms with Crippen LogP contribution in [-0.4, -0.2) is 55.1 Å². The fourth-order valence-corrected chi connectivity index (χ4v) is 6.41. The summed E-state index contributed by atoms with van der Waals surface area (Å²) in [6.45, 7) is 2.36. The van der Waals surface area contributed by atoms with Crippen LogP contribution in [0.25, 0.3) is 32.0 Å². The van der Waals surface area contributed by atoms with E-state index in [-0.39, 0.29) is 0 Å². The molecule has 1 fully saturated rings. The van der Waals surface area contributed by atoms with E-state index in [0.717, 1.165) is 50.8 Å². The number of nitrogens with zero attached hydrogens (tertiary/aromatic N) is 4. The minimum Gasteiger partial charge on any atom is -0.355 e. The molecule has 4 heterocycles. The van der Waals surface area contributed by atoms with Crippen molar-refractivity contribution in [1.29, 1.82) is 0 Å². The molecule has 1 aliphatic rings. The fraction of sp³-hybridized carbons (Fsp3) is 0.273. The van der Waals surface area contributed by atoms with Crippen molar-refractivity contribution >= 4 is 48.7 Å². The van der Waals surface area contributed by atoms with E-state index in [1.165, 1.54) is 6.26 Å². The maximum atomic E-state index is 12.1. The van der Waals surface area contributed by atoms with Crippen molar-refractivity contribution in [3.05, 3.63) is 53.2 Å². The van der Waals surface area contributed by atoms with Gasteiger partial charge in [0.25, 0.3) is 0 Å². The number of hydrogen-bond donors (Lipinski definition) is 0. The van der Waals surface area contributed by atoms with Crippen LogP contribution >= 0.6 is 22.7 Å². The third-order valence-electron chi connectivity index (χ3n) is 5.46. The molecule has 9 heteroatoms. The zero-order valence-electron chi connectivity index (χ0n) is 17.1. The number of rotatable bonds is 4. The average molecular weight is 471 g/mol. The van der Waals surface area contributed by atoms with Gasteiger partial charge in [-0.1, -0.05) is 36.4 Å². The molecule has 1 saturated heterocycles. The predicted octanol–water partition coefficient (Wildman–Crippen LogP) is 4.56. The largest absolute Gasteiger partial charge is 0.355 e. The van der Waals surface area contributed by atoms with Crippen molar-refractivity contribution in [3.8, 4) is 21.8 Å². The zero-order chi connectivity index (χ0) is 21.4. The second-order valence-electron chi connectivity index (χ2n) is 7.55. The van der Waals surface area contributed by atoms with Gasteiger partial charge in [-0.05, 0) is 23.4 Å². The van der Waals surface area contributed by atoms with Crippen molar-refractivity contribution in [2.75, 3.05) is 37.3 Å². The molecule has 0 atom stereocenters. The smallest absolute Gasteiger partial charge is 0.211 e. The number of benzene rings is 1. The summed E-state index contributed by atoms with van der Waals surface area (Å²) in [7, 11) is -3.20.